The first-order valence-electron chi connectivity index (χ1n) is 7.10. The quantitative estimate of drug-likeness (QED) is 0.917. The number of nitrogens with zero attached hydrogens (tertiary/aromatic N) is 1. The fourth-order valence-corrected chi connectivity index (χ4v) is 3.18. The lowest BCUT2D eigenvalue weighted by Gasteiger charge is -2.37. The summed E-state index contributed by atoms with van der Waals surface area (Å²) in [6.07, 6.45) is 1.51. The highest BCUT2D eigenvalue weighted by atomic mass is 19.1. The summed E-state index contributed by atoms with van der Waals surface area (Å²) in [5.41, 5.74) is 0.460. The highest BCUT2D eigenvalue weighted by Crippen LogP contribution is 2.24. The molecular weight excluding hydrogens is 264 g/mol. The Morgan fingerprint density at radius 2 is 2.05 bits per heavy atom. The largest absolute Gasteiger partial charge is 0.390 e. The molecular formula is C15H19F2NO2. The Balaban J connectivity index is 1.62. The minimum absolute atomic E-state index is 0.206. The lowest BCUT2D eigenvalue weighted by atomic mass is 10.0. The summed E-state index contributed by atoms with van der Waals surface area (Å²) in [6.45, 7) is 2.38. The molecule has 0 bridgehead atoms. The van der Waals surface area contributed by atoms with Gasteiger partial charge < -0.3 is 9.84 Å². The normalized spacial score (nSPS) is 28.4. The molecule has 0 amide bonds. The molecule has 110 valence electrons. The number of aliphatic hydroxyl groups is 1. The third-order valence-corrected chi connectivity index (χ3v) is 4.21. The van der Waals surface area contributed by atoms with E-state index in [4.69, 9.17) is 4.74 Å². The van der Waals surface area contributed by atoms with Gasteiger partial charge in [0.05, 0.1) is 18.8 Å². The Hall–Kier alpha value is -1.04. The van der Waals surface area contributed by atoms with Crippen LogP contribution in [0.25, 0.3) is 0 Å². The van der Waals surface area contributed by atoms with Crippen molar-refractivity contribution in [3.63, 3.8) is 0 Å². The summed E-state index contributed by atoms with van der Waals surface area (Å²) in [4.78, 5) is 2.34. The van der Waals surface area contributed by atoms with Crippen LogP contribution in [0.5, 0.6) is 0 Å². The van der Waals surface area contributed by atoms with Crippen LogP contribution in [0.15, 0.2) is 18.2 Å². The van der Waals surface area contributed by atoms with Gasteiger partial charge in [0.2, 0.25) is 0 Å². The second-order valence-electron chi connectivity index (χ2n) is 5.71. The van der Waals surface area contributed by atoms with Gasteiger partial charge in [0.1, 0.15) is 11.6 Å². The van der Waals surface area contributed by atoms with Crippen LogP contribution in [0.3, 0.4) is 0 Å². The highest BCUT2D eigenvalue weighted by Gasteiger charge is 2.35. The summed E-state index contributed by atoms with van der Waals surface area (Å²) in [6, 6.07) is 3.83. The van der Waals surface area contributed by atoms with E-state index in [9.17, 15) is 13.9 Å². The van der Waals surface area contributed by atoms with Crippen molar-refractivity contribution in [2.45, 2.75) is 37.5 Å². The molecule has 1 N–H and O–H groups in total. The standard InChI is InChI=1S/C15H19F2NO2/c16-11-4-10(5-12(17)7-11)6-14(19)15-8-18-3-1-2-13(18)9-20-15/h4-5,7,13-15,19H,1-3,6,8-9H2. The number of aliphatic hydroxyl groups excluding tert-OH is 1. The topological polar surface area (TPSA) is 32.7 Å². The van der Waals surface area contributed by atoms with Crippen LogP contribution in [-0.2, 0) is 11.2 Å². The average molecular weight is 283 g/mol. The number of morpholine rings is 1. The molecule has 3 nitrogen and oxygen atoms in total. The van der Waals surface area contributed by atoms with Gasteiger partial charge in [-0.05, 0) is 37.1 Å². The average Bonchev–Trinajstić information content (AvgIpc) is 2.84. The van der Waals surface area contributed by atoms with Gasteiger partial charge in [0.25, 0.3) is 0 Å². The monoisotopic (exact) mass is 283 g/mol. The maximum absolute atomic E-state index is 13.1. The molecule has 0 aliphatic carbocycles. The van der Waals surface area contributed by atoms with E-state index in [1.54, 1.807) is 0 Å². The van der Waals surface area contributed by atoms with Gasteiger partial charge >= 0.3 is 0 Å². The Kier molecular flexibility index (Phi) is 4.01. The Morgan fingerprint density at radius 1 is 1.30 bits per heavy atom. The first-order chi connectivity index (χ1) is 9.61. The van der Waals surface area contributed by atoms with E-state index in [1.807, 2.05) is 0 Å². The lowest BCUT2D eigenvalue weighted by Crippen LogP contribution is -2.50. The Labute approximate surface area is 117 Å². The van der Waals surface area contributed by atoms with E-state index in [0.29, 0.717) is 24.8 Å². The van der Waals surface area contributed by atoms with Crippen molar-refractivity contribution < 1.29 is 18.6 Å². The molecule has 2 saturated heterocycles. The van der Waals surface area contributed by atoms with Crippen LogP contribution in [0.1, 0.15) is 18.4 Å². The fourth-order valence-electron chi connectivity index (χ4n) is 3.18. The molecule has 3 atom stereocenters. The first-order valence-corrected chi connectivity index (χ1v) is 7.10. The number of hydrogen-bond donors (Lipinski definition) is 1. The molecule has 0 aromatic heterocycles. The summed E-state index contributed by atoms with van der Waals surface area (Å²) in [5.74, 6) is -1.23. The molecule has 1 aromatic rings. The van der Waals surface area contributed by atoms with Crippen LogP contribution < -0.4 is 0 Å². The molecule has 0 radical (unpaired) electrons. The molecule has 5 heteroatoms. The van der Waals surface area contributed by atoms with Crippen LogP contribution in [0.2, 0.25) is 0 Å². The van der Waals surface area contributed by atoms with Crippen LogP contribution >= 0.6 is 0 Å². The molecule has 2 aliphatic rings. The van der Waals surface area contributed by atoms with E-state index in [2.05, 4.69) is 4.90 Å². The molecule has 3 unspecified atom stereocenters. The third kappa shape index (κ3) is 3.00. The molecule has 1 aromatic carbocycles. The number of ether oxygens (including phenoxy) is 1. The van der Waals surface area contributed by atoms with Gasteiger partial charge in [-0.3, -0.25) is 4.90 Å². The van der Waals surface area contributed by atoms with Gasteiger partial charge in [0.15, 0.2) is 0 Å². The van der Waals surface area contributed by atoms with Crippen LogP contribution in [0, 0.1) is 11.6 Å². The zero-order chi connectivity index (χ0) is 14.1. The summed E-state index contributed by atoms with van der Waals surface area (Å²) in [7, 11) is 0. The summed E-state index contributed by atoms with van der Waals surface area (Å²) < 4.78 is 32.0. The second kappa shape index (κ2) is 5.76. The van der Waals surface area contributed by atoms with Crippen molar-refractivity contribution >= 4 is 0 Å². The van der Waals surface area contributed by atoms with E-state index in [0.717, 1.165) is 19.0 Å². The Morgan fingerprint density at radius 3 is 2.80 bits per heavy atom. The van der Waals surface area contributed by atoms with Crippen molar-refractivity contribution in [3.05, 3.63) is 35.4 Å². The van der Waals surface area contributed by atoms with E-state index in [-0.39, 0.29) is 12.5 Å². The maximum atomic E-state index is 13.1. The zero-order valence-corrected chi connectivity index (χ0v) is 11.3. The predicted molar refractivity (Wildman–Crippen MR) is 70.4 cm³/mol. The van der Waals surface area contributed by atoms with Crippen LogP contribution in [0.4, 0.5) is 8.78 Å². The van der Waals surface area contributed by atoms with Gasteiger partial charge in [-0.2, -0.15) is 0 Å². The van der Waals surface area contributed by atoms with Crippen molar-refractivity contribution in [1.82, 2.24) is 4.90 Å². The van der Waals surface area contributed by atoms with E-state index < -0.39 is 17.7 Å². The molecule has 0 saturated carbocycles. The fraction of sp³-hybridized carbons (Fsp3) is 0.600. The maximum Gasteiger partial charge on any atom is 0.126 e. The van der Waals surface area contributed by atoms with Gasteiger partial charge in [0, 0.05) is 25.1 Å². The third-order valence-electron chi connectivity index (χ3n) is 4.21. The minimum atomic E-state index is -0.738. The number of hydrogen-bond acceptors (Lipinski definition) is 3. The van der Waals surface area contributed by atoms with Crippen molar-refractivity contribution in [2.75, 3.05) is 19.7 Å². The second-order valence-corrected chi connectivity index (χ2v) is 5.71. The van der Waals surface area contributed by atoms with E-state index in [1.165, 1.54) is 18.6 Å². The predicted octanol–water partition coefficient (Wildman–Crippen LogP) is 1.73. The van der Waals surface area contributed by atoms with Gasteiger partial charge in [-0.1, -0.05) is 0 Å². The molecule has 20 heavy (non-hydrogen) atoms. The number of rotatable bonds is 3. The zero-order valence-electron chi connectivity index (χ0n) is 11.3. The molecule has 2 heterocycles. The van der Waals surface area contributed by atoms with Crippen molar-refractivity contribution in [2.24, 2.45) is 0 Å². The first kappa shape index (κ1) is 13.9. The number of halogens is 2. The summed E-state index contributed by atoms with van der Waals surface area (Å²) in [5, 5.41) is 10.2. The van der Waals surface area contributed by atoms with E-state index >= 15 is 0 Å². The van der Waals surface area contributed by atoms with Crippen molar-refractivity contribution in [1.29, 1.82) is 0 Å². The van der Waals surface area contributed by atoms with Gasteiger partial charge in [-0.25, -0.2) is 8.78 Å². The number of fused-ring (bicyclic) bond motifs is 1. The smallest absolute Gasteiger partial charge is 0.126 e. The molecule has 2 aliphatic heterocycles. The Bertz CT molecular complexity index is 463. The SMILES string of the molecule is OC(Cc1cc(F)cc(F)c1)C1CN2CCCC2CO1. The van der Waals surface area contributed by atoms with Crippen molar-refractivity contribution in [3.8, 4) is 0 Å². The highest BCUT2D eigenvalue weighted by molar-refractivity contribution is 5.19. The lowest BCUT2D eigenvalue weighted by molar-refractivity contribution is -0.101. The minimum Gasteiger partial charge on any atom is -0.390 e. The van der Waals surface area contributed by atoms with Crippen LogP contribution in [-0.4, -0.2) is 48.0 Å². The molecule has 0 spiro atoms. The molecule has 3 rings (SSSR count). The van der Waals surface area contributed by atoms with Gasteiger partial charge in [-0.15, -0.1) is 0 Å². The summed E-state index contributed by atoms with van der Waals surface area (Å²) >= 11 is 0. The number of benzene rings is 1. The molecule has 2 fully saturated rings.